The van der Waals surface area contributed by atoms with E-state index < -0.39 is 0 Å². The maximum Gasteiger partial charge on any atom is 0.119 e. The second kappa shape index (κ2) is 7.07. The smallest absolute Gasteiger partial charge is 0.119 e. The quantitative estimate of drug-likeness (QED) is 0.814. The van der Waals surface area contributed by atoms with Gasteiger partial charge in [-0.2, -0.15) is 0 Å². The standard InChI is InChI=1S/C13H19BrN2OS/c1-9(6-13(15)18)16(2)8-10-7-11(17-3)4-5-12(10)14/h4-5,7,9H,6,8H2,1-3H3,(H2,15,18). The predicted octanol–water partition coefficient (Wildman–Crippen LogP) is 2.95. The first-order chi connectivity index (χ1) is 8.43. The number of halogens is 1. The van der Waals surface area contributed by atoms with E-state index >= 15 is 0 Å². The van der Waals surface area contributed by atoms with E-state index in [9.17, 15) is 0 Å². The topological polar surface area (TPSA) is 38.5 Å². The van der Waals surface area contributed by atoms with Crippen LogP contribution in [-0.2, 0) is 6.54 Å². The Hall–Kier alpha value is -0.650. The van der Waals surface area contributed by atoms with Crippen LogP contribution in [0.1, 0.15) is 18.9 Å². The van der Waals surface area contributed by atoms with Crippen LogP contribution in [0, 0.1) is 0 Å². The van der Waals surface area contributed by atoms with Crippen molar-refractivity contribution in [1.82, 2.24) is 4.90 Å². The first kappa shape index (κ1) is 15.4. The number of hydrogen-bond donors (Lipinski definition) is 1. The lowest BCUT2D eigenvalue weighted by Gasteiger charge is -2.25. The molecule has 0 aromatic heterocycles. The van der Waals surface area contributed by atoms with Crippen LogP contribution in [0.3, 0.4) is 0 Å². The fraction of sp³-hybridized carbons (Fsp3) is 0.462. The molecule has 0 aliphatic heterocycles. The molecule has 0 spiro atoms. The lowest BCUT2D eigenvalue weighted by atomic mass is 10.1. The summed E-state index contributed by atoms with van der Waals surface area (Å²) in [7, 11) is 3.74. The molecular formula is C13H19BrN2OS. The Morgan fingerprint density at radius 1 is 1.56 bits per heavy atom. The zero-order chi connectivity index (χ0) is 13.7. The van der Waals surface area contributed by atoms with Crippen molar-refractivity contribution in [2.75, 3.05) is 14.2 Å². The summed E-state index contributed by atoms with van der Waals surface area (Å²) in [6.07, 6.45) is 0.730. The van der Waals surface area contributed by atoms with E-state index in [1.165, 1.54) is 5.56 Å². The van der Waals surface area contributed by atoms with Crippen LogP contribution >= 0.6 is 28.1 Å². The molecule has 3 nitrogen and oxygen atoms in total. The number of nitrogens with zero attached hydrogens (tertiary/aromatic N) is 1. The zero-order valence-electron chi connectivity index (χ0n) is 10.9. The van der Waals surface area contributed by atoms with Gasteiger partial charge in [0.1, 0.15) is 5.75 Å². The minimum atomic E-state index is 0.320. The number of ether oxygens (including phenoxy) is 1. The van der Waals surface area contributed by atoms with E-state index in [2.05, 4.69) is 34.8 Å². The van der Waals surface area contributed by atoms with Crippen LogP contribution in [-0.4, -0.2) is 30.1 Å². The monoisotopic (exact) mass is 330 g/mol. The first-order valence-electron chi connectivity index (χ1n) is 5.75. The van der Waals surface area contributed by atoms with Crippen molar-refractivity contribution >= 4 is 33.1 Å². The van der Waals surface area contributed by atoms with Gasteiger partial charge in [-0.05, 0) is 37.7 Å². The Kier molecular flexibility index (Phi) is 6.05. The normalized spacial score (nSPS) is 12.5. The van der Waals surface area contributed by atoms with Crippen LogP contribution in [0.2, 0.25) is 0 Å². The minimum absolute atomic E-state index is 0.320. The average Bonchev–Trinajstić information content (AvgIpc) is 2.31. The van der Waals surface area contributed by atoms with Gasteiger partial charge in [0.2, 0.25) is 0 Å². The van der Waals surface area contributed by atoms with Gasteiger partial charge in [-0.15, -0.1) is 0 Å². The van der Waals surface area contributed by atoms with Crippen LogP contribution in [0.25, 0.3) is 0 Å². The molecule has 1 rings (SSSR count). The third-order valence-corrected chi connectivity index (χ3v) is 3.86. The SMILES string of the molecule is COc1ccc(Br)c(CN(C)C(C)CC(N)=S)c1. The Balaban J connectivity index is 2.74. The number of rotatable bonds is 6. The molecule has 0 saturated carbocycles. The summed E-state index contributed by atoms with van der Waals surface area (Å²) in [6.45, 7) is 2.94. The molecule has 1 atom stereocenters. The number of hydrogen-bond acceptors (Lipinski definition) is 3. The molecule has 0 aliphatic carbocycles. The highest BCUT2D eigenvalue weighted by Crippen LogP contribution is 2.24. The molecule has 5 heteroatoms. The fourth-order valence-corrected chi connectivity index (χ4v) is 2.28. The van der Waals surface area contributed by atoms with E-state index in [1.54, 1.807) is 7.11 Å². The summed E-state index contributed by atoms with van der Waals surface area (Å²) < 4.78 is 6.32. The molecule has 1 aromatic rings. The summed E-state index contributed by atoms with van der Waals surface area (Å²) in [5, 5.41) is 0. The Morgan fingerprint density at radius 3 is 2.78 bits per heavy atom. The molecule has 2 N–H and O–H groups in total. The Labute approximate surface area is 122 Å². The van der Waals surface area contributed by atoms with E-state index in [-0.39, 0.29) is 0 Å². The third-order valence-electron chi connectivity index (χ3n) is 2.92. The van der Waals surface area contributed by atoms with Gasteiger partial charge >= 0.3 is 0 Å². The van der Waals surface area contributed by atoms with Crippen molar-refractivity contribution in [3.8, 4) is 5.75 Å². The van der Waals surface area contributed by atoms with E-state index in [4.69, 9.17) is 22.7 Å². The fourth-order valence-electron chi connectivity index (χ4n) is 1.67. The highest BCUT2D eigenvalue weighted by Gasteiger charge is 2.12. The van der Waals surface area contributed by atoms with Crippen molar-refractivity contribution < 1.29 is 4.74 Å². The molecule has 1 aromatic carbocycles. The van der Waals surface area contributed by atoms with Crippen LogP contribution in [0.5, 0.6) is 5.75 Å². The van der Waals surface area contributed by atoms with Crippen molar-refractivity contribution in [2.45, 2.75) is 25.9 Å². The number of benzene rings is 1. The summed E-state index contributed by atoms with van der Waals surface area (Å²) in [5.74, 6) is 0.864. The molecule has 0 amide bonds. The lowest BCUT2D eigenvalue weighted by Crippen LogP contribution is -2.32. The zero-order valence-corrected chi connectivity index (χ0v) is 13.3. The second-order valence-electron chi connectivity index (χ2n) is 4.39. The maximum absolute atomic E-state index is 5.58. The Morgan fingerprint density at radius 2 is 2.22 bits per heavy atom. The van der Waals surface area contributed by atoms with E-state index in [1.807, 2.05) is 18.2 Å². The second-order valence-corrected chi connectivity index (χ2v) is 5.77. The van der Waals surface area contributed by atoms with Gasteiger partial charge in [-0.3, -0.25) is 4.90 Å². The molecule has 1 unspecified atom stereocenters. The summed E-state index contributed by atoms with van der Waals surface area (Å²) in [5.41, 5.74) is 6.76. The molecule has 0 saturated heterocycles. The van der Waals surface area contributed by atoms with Gasteiger partial charge in [0, 0.05) is 23.5 Å². The predicted molar refractivity (Wildman–Crippen MR) is 83.0 cm³/mol. The van der Waals surface area contributed by atoms with E-state index in [0.717, 1.165) is 23.2 Å². The molecule has 18 heavy (non-hydrogen) atoms. The number of nitrogens with two attached hydrogens (primary N) is 1. The van der Waals surface area contributed by atoms with Crippen LogP contribution < -0.4 is 10.5 Å². The molecule has 0 fully saturated rings. The molecular weight excluding hydrogens is 312 g/mol. The molecule has 0 aliphatic rings. The molecule has 0 heterocycles. The maximum atomic E-state index is 5.58. The van der Waals surface area contributed by atoms with Gasteiger partial charge in [-0.1, -0.05) is 28.1 Å². The minimum Gasteiger partial charge on any atom is -0.497 e. The third kappa shape index (κ3) is 4.55. The summed E-state index contributed by atoms with van der Waals surface area (Å²) >= 11 is 8.50. The lowest BCUT2D eigenvalue weighted by molar-refractivity contribution is 0.254. The van der Waals surface area contributed by atoms with Crippen LogP contribution in [0.15, 0.2) is 22.7 Å². The average molecular weight is 331 g/mol. The first-order valence-corrected chi connectivity index (χ1v) is 6.95. The van der Waals surface area contributed by atoms with Crippen molar-refractivity contribution in [1.29, 1.82) is 0 Å². The number of thiocarbonyl (C=S) groups is 1. The molecule has 0 radical (unpaired) electrons. The van der Waals surface area contributed by atoms with Gasteiger partial charge < -0.3 is 10.5 Å². The molecule has 0 bridgehead atoms. The Bertz CT molecular complexity index is 425. The largest absolute Gasteiger partial charge is 0.497 e. The van der Waals surface area contributed by atoms with Crippen molar-refractivity contribution in [2.24, 2.45) is 5.73 Å². The van der Waals surface area contributed by atoms with Crippen molar-refractivity contribution in [3.05, 3.63) is 28.2 Å². The van der Waals surface area contributed by atoms with Crippen LogP contribution in [0.4, 0.5) is 0 Å². The number of methoxy groups -OCH3 is 1. The van der Waals surface area contributed by atoms with Gasteiger partial charge in [-0.25, -0.2) is 0 Å². The van der Waals surface area contributed by atoms with Gasteiger partial charge in [0.05, 0.1) is 12.1 Å². The van der Waals surface area contributed by atoms with E-state index in [0.29, 0.717) is 11.0 Å². The van der Waals surface area contributed by atoms with Gasteiger partial charge in [0.15, 0.2) is 0 Å². The molecule has 100 valence electrons. The highest BCUT2D eigenvalue weighted by molar-refractivity contribution is 9.10. The van der Waals surface area contributed by atoms with Crippen molar-refractivity contribution in [3.63, 3.8) is 0 Å². The highest BCUT2D eigenvalue weighted by atomic mass is 79.9. The summed E-state index contributed by atoms with van der Waals surface area (Å²) in [6, 6.07) is 6.29. The summed E-state index contributed by atoms with van der Waals surface area (Å²) in [4.78, 5) is 2.78. The van der Waals surface area contributed by atoms with Gasteiger partial charge in [0.25, 0.3) is 0 Å².